The Morgan fingerprint density at radius 1 is 1.25 bits per heavy atom. The van der Waals surface area contributed by atoms with Gasteiger partial charge >= 0.3 is 6.09 Å². The van der Waals surface area contributed by atoms with Gasteiger partial charge in [-0.25, -0.2) is 4.79 Å². The molecule has 1 N–H and O–H groups in total. The first kappa shape index (κ1) is 16.5. The molecule has 1 aliphatic rings. The summed E-state index contributed by atoms with van der Waals surface area (Å²) in [5, 5.41) is 2.89. The predicted octanol–water partition coefficient (Wildman–Crippen LogP) is 4.69. The van der Waals surface area contributed by atoms with Crippen LogP contribution in [0.15, 0.2) is 30.3 Å². The maximum Gasteiger partial charge on any atom is 0.407 e. The van der Waals surface area contributed by atoms with Gasteiger partial charge in [0.15, 0.2) is 0 Å². The fourth-order valence-electron chi connectivity index (χ4n) is 2.10. The van der Waals surface area contributed by atoms with Gasteiger partial charge in [0.25, 0.3) is 0 Å². The average molecular weight is 277 g/mol. The molecule has 2 unspecified atom stereocenters. The van der Waals surface area contributed by atoms with E-state index in [0.29, 0.717) is 0 Å². The smallest absolute Gasteiger partial charge is 0.407 e. The molecular formula is C17H27NO2. The molecule has 112 valence electrons. The maximum atomic E-state index is 11.7. The molecule has 0 aliphatic heterocycles. The van der Waals surface area contributed by atoms with Crippen molar-refractivity contribution in [3.63, 3.8) is 0 Å². The van der Waals surface area contributed by atoms with E-state index in [1.54, 1.807) is 0 Å². The van der Waals surface area contributed by atoms with Crippen LogP contribution < -0.4 is 5.32 Å². The highest BCUT2D eigenvalue weighted by molar-refractivity contribution is 5.67. The summed E-state index contributed by atoms with van der Waals surface area (Å²) in [6.45, 7) is 7.92. The van der Waals surface area contributed by atoms with Gasteiger partial charge in [-0.05, 0) is 31.7 Å². The van der Waals surface area contributed by atoms with Gasteiger partial charge in [0.2, 0.25) is 0 Å². The summed E-state index contributed by atoms with van der Waals surface area (Å²) in [5.41, 5.74) is 1.02. The number of carbonyl (C=O) groups excluding carboxylic acids is 1. The lowest BCUT2D eigenvalue weighted by Crippen LogP contribution is -2.33. The van der Waals surface area contributed by atoms with Crippen molar-refractivity contribution in [2.45, 2.75) is 59.1 Å². The van der Waals surface area contributed by atoms with E-state index in [-0.39, 0.29) is 18.2 Å². The molecule has 20 heavy (non-hydrogen) atoms. The average Bonchev–Trinajstić information content (AvgIpc) is 3.25. The lowest BCUT2D eigenvalue weighted by atomic mass is 10.1. The first-order valence-corrected chi connectivity index (χ1v) is 7.67. The van der Waals surface area contributed by atoms with Crippen LogP contribution >= 0.6 is 0 Å². The Hall–Kier alpha value is -1.51. The van der Waals surface area contributed by atoms with Gasteiger partial charge in [-0.1, -0.05) is 57.0 Å². The standard InChI is InChI=1S/C15H21NO2.C2H6/c1-11(10-13-8-9-13)16-15(17)18-12(2)14-6-4-3-5-7-14;1-2/h3-7,11-13H,8-10H2,1-2H3,(H,16,17);1-2H3. The van der Waals surface area contributed by atoms with Gasteiger partial charge in [-0.3, -0.25) is 0 Å². The van der Waals surface area contributed by atoms with E-state index in [1.165, 1.54) is 12.8 Å². The maximum absolute atomic E-state index is 11.7. The van der Waals surface area contributed by atoms with E-state index in [1.807, 2.05) is 58.0 Å². The van der Waals surface area contributed by atoms with Crippen LogP contribution in [0.25, 0.3) is 0 Å². The van der Waals surface area contributed by atoms with Crippen molar-refractivity contribution in [3.8, 4) is 0 Å². The molecular weight excluding hydrogens is 250 g/mol. The fraction of sp³-hybridized carbons (Fsp3) is 0.588. The zero-order valence-corrected chi connectivity index (χ0v) is 13.1. The molecule has 3 heteroatoms. The minimum Gasteiger partial charge on any atom is -0.442 e. The molecule has 1 amide bonds. The highest BCUT2D eigenvalue weighted by Gasteiger charge is 2.24. The Kier molecular flexibility index (Phi) is 7.13. The Bertz CT molecular complexity index is 387. The highest BCUT2D eigenvalue weighted by atomic mass is 16.6. The first-order valence-electron chi connectivity index (χ1n) is 7.67. The molecule has 1 aromatic carbocycles. The monoisotopic (exact) mass is 277 g/mol. The molecule has 1 fully saturated rings. The summed E-state index contributed by atoms with van der Waals surface area (Å²) in [6, 6.07) is 9.98. The summed E-state index contributed by atoms with van der Waals surface area (Å²) in [5.74, 6) is 0.812. The van der Waals surface area contributed by atoms with E-state index in [9.17, 15) is 4.79 Å². The van der Waals surface area contributed by atoms with Crippen molar-refractivity contribution in [1.82, 2.24) is 5.32 Å². The molecule has 2 atom stereocenters. The number of ether oxygens (including phenoxy) is 1. The molecule has 0 radical (unpaired) electrons. The molecule has 1 aliphatic carbocycles. The van der Waals surface area contributed by atoms with Crippen LogP contribution in [0.2, 0.25) is 0 Å². The van der Waals surface area contributed by atoms with Crippen LogP contribution in [-0.2, 0) is 4.74 Å². The van der Waals surface area contributed by atoms with Gasteiger partial charge in [0.05, 0.1) is 0 Å². The van der Waals surface area contributed by atoms with E-state index < -0.39 is 0 Å². The van der Waals surface area contributed by atoms with Crippen LogP contribution in [0.3, 0.4) is 0 Å². The number of carbonyl (C=O) groups is 1. The van der Waals surface area contributed by atoms with Crippen molar-refractivity contribution in [1.29, 1.82) is 0 Å². The van der Waals surface area contributed by atoms with Crippen molar-refractivity contribution in [3.05, 3.63) is 35.9 Å². The van der Waals surface area contributed by atoms with Crippen LogP contribution in [0.4, 0.5) is 4.79 Å². The van der Waals surface area contributed by atoms with Gasteiger partial charge in [-0.15, -0.1) is 0 Å². The molecule has 0 heterocycles. The normalized spacial score (nSPS) is 16.4. The molecule has 1 saturated carbocycles. The lowest BCUT2D eigenvalue weighted by molar-refractivity contribution is 0.104. The number of benzene rings is 1. The summed E-state index contributed by atoms with van der Waals surface area (Å²) in [4.78, 5) is 11.7. The number of rotatable bonds is 5. The van der Waals surface area contributed by atoms with Crippen molar-refractivity contribution in [2.75, 3.05) is 0 Å². The Morgan fingerprint density at radius 3 is 2.40 bits per heavy atom. The molecule has 0 saturated heterocycles. The van der Waals surface area contributed by atoms with Gasteiger partial charge in [-0.2, -0.15) is 0 Å². The second kappa shape index (κ2) is 8.62. The minimum atomic E-state index is -0.320. The third kappa shape index (κ3) is 6.09. The van der Waals surface area contributed by atoms with E-state index in [0.717, 1.165) is 17.9 Å². The fourth-order valence-corrected chi connectivity index (χ4v) is 2.10. The molecule has 2 rings (SSSR count). The largest absolute Gasteiger partial charge is 0.442 e. The quantitative estimate of drug-likeness (QED) is 0.848. The zero-order valence-electron chi connectivity index (χ0n) is 13.1. The van der Waals surface area contributed by atoms with Gasteiger partial charge in [0, 0.05) is 6.04 Å². The summed E-state index contributed by atoms with van der Waals surface area (Å²) >= 11 is 0. The van der Waals surface area contributed by atoms with Crippen LogP contribution in [-0.4, -0.2) is 12.1 Å². The Balaban J connectivity index is 0.000000956. The Morgan fingerprint density at radius 2 is 1.85 bits per heavy atom. The predicted molar refractivity (Wildman–Crippen MR) is 82.6 cm³/mol. The van der Waals surface area contributed by atoms with Crippen molar-refractivity contribution >= 4 is 6.09 Å². The number of alkyl carbamates (subject to hydrolysis) is 1. The number of hydrogen-bond donors (Lipinski definition) is 1. The van der Waals surface area contributed by atoms with Crippen LogP contribution in [0, 0.1) is 5.92 Å². The molecule has 1 aromatic rings. The second-order valence-corrected chi connectivity index (χ2v) is 5.18. The van der Waals surface area contributed by atoms with Crippen LogP contribution in [0.5, 0.6) is 0 Å². The highest BCUT2D eigenvalue weighted by Crippen LogP contribution is 2.33. The van der Waals surface area contributed by atoms with Crippen molar-refractivity contribution in [2.24, 2.45) is 5.92 Å². The number of hydrogen-bond acceptors (Lipinski definition) is 2. The van der Waals surface area contributed by atoms with Gasteiger partial charge < -0.3 is 10.1 Å². The summed E-state index contributed by atoms with van der Waals surface area (Å²) in [7, 11) is 0. The SMILES string of the molecule is CC.CC(CC1CC1)NC(=O)OC(C)c1ccccc1. The summed E-state index contributed by atoms with van der Waals surface area (Å²) in [6.07, 6.45) is 3.15. The molecule has 0 bridgehead atoms. The zero-order chi connectivity index (χ0) is 15.0. The second-order valence-electron chi connectivity index (χ2n) is 5.18. The van der Waals surface area contributed by atoms with Crippen molar-refractivity contribution < 1.29 is 9.53 Å². The van der Waals surface area contributed by atoms with E-state index >= 15 is 0 Å². The van der Waals surface area contributed by atoms with E-state index in [2.05, 4.69) is 5.32 Å². The summed E-state index contributed by atoms with van der Waals surface area (Å²) < 4.78 is 5.36. The molecule has 0 aromatic heterocycles. The lowest BCUT2D eigenvalue weighted by Gasteiger charge is -2.17. The number of nitrogens with one attached hydrogen (secondary N) is 1. The molecule has 0 spiro atoms. The van der Waals surface area contributed by atoms with E-state index in [4.69, 9.17) is 4.74 Å². The first-order chi connectivity index (χ1) is 9.65. The topological polar surface area (TPSA) is 38.3 Å². The Labute approximate surface area is 122 Å². The molecule has 3 nitrogen and oxygen atoms in total. The third-order valence-electron chi connectivity index (χ3n) is 3.30. The van der Waals surface area contributed by atoms with Crippen LogP contribution in [0.1, 0.15) is 58.6 Å². The minimum absolute atomic E-state index is 0.202. The number of amides is 1. The van der Waals surface area contributed by atoms with Gasteiger partial charge in [0.1, 0.15) is 6.10 Å². The third-order valence-corrected chi connectivity index (χ3v) is 3.30.